The van der Waals surface area contributed by atoms with Crippen LogP contribution in [-0.2, 0) is 11.3 Å². The second-order valence-electron chi connectivity index (χ2n) is 5.89. The fourth-order valence-corrected chi connectivity index (χ4v) is 3.76. The van der Waals surface area contributed by atoms with Crippen molar-refractivity contribution in [3.8, 4) is 0 Å². The molecule has 4 nitrogen and oxygen atoms in total. The number of rotatable bonds is 5. The molecule has 1 heterocycles. The van der Waals surface area contributed by atoms with Crippen molar-refractivity contribution < 1.29 is 15.0 Å². The Balaban J connectivity index is 1.78. The van der Waals surface area contributed by atoms with E-state index in [-0.39, 0.29) is 5.92 Å². The first kappa shape index (κ1) is 15.5. The molecule has 0 atom stereocenters. The van der Waals surface area contributed by atoms with Crippen molar-refractivity contribution >= 4 is 17.3 Å². The number of carbonyl (C=O) groups is 1. The number of carboxylic acids is 1. The Kier molecular flexibility index (Phi) is 4.83. The summed E-state index contributed by atoms with van der Waals surface area (Å²) in [4.78, 5) is 13.5. The van der Waals surface area contributed by atoms with Gasteiger partial charge in [-0.2, -0.15) is 0 Å². The van der Waals surface area contributed by atoms with E-state index in [0.717, 1.165) is 6.54 Å². The Morgan fingerprint density at radius 1 is 1.45 bits per heavy atom. The maximum absolute atomic E-state index is 10.9. The highest BCUT2D eigenvalue weighted by atomic mass is 32.1. The number of aliphatic hydroxyl groups is 1. The molecule has 20 heavy (non-hydrogen) atoms. The summed E-state index contributed by atoms with van der Waals surface area (Å²) < 4.78 is 0. The molecule has 1 aromatic heterocycles. The molecule has 1 saturated carbocycles. The zero-order chi connectivity index (χ0) is 14.8. The van der Waals surface area contributed by atoms with Crippen LogP contribution < -0.4 is 5.32 Å². The van der Waals surface area contributed by atoms with Crippen molar-refractivity contribution in [1.82, 2.24) is 5.32 Å². The molecule has 1 aliphatic rings. The van der Waals surface area contributed by atoms with Crippen molar-refractivity contribution in [2.24, 2.45) is 5.92 Å². The molecule has 2 rings (SSSR count). The maximum Gasteiger partial charge on any atom is 0.306 e. The smallest absolute Gasteiger partial charge is 0.306 e. The number of hydrogen-bond donors (Lipinski definition) is 3. The summed E-state index contributed by atoms with van der Waals surface area (Å²) in [5, 5.41) is 22.7. The Morgan fingerprint density at radius 3 is 2.60 bits per heavy atom. The third kappa shape index (κ3) is 3.81. The molecule has 0 unspecified atom stereocenters. The van der Waals surface area contributed by atoms with Gasteiger partial charge in [-0.3, -0.25) is 4.79 Å². The number of aliphatic carboxylic acids is 1. The molecule has 0 aliphatic heterocycles. The highest BCUT2D eigenvalue weighted by molar-refractivity contribution is 7.12. The van der Waals surface area contributed by atoms with Crippen molar-refractivity contribution in [2.75, 3.05) is 6.54 Å². The Morgan fingerprint density at radius 2 is 2.10 bits per heavy atom. The molecule has 1 fully saturated rings. The minimum atomic E-state index is -0.743. The molecule has 3 N–H and O–H groups in total. The van der Waals surface area contributed by atoms with Gasteiger partial charge in [-0.1, -0.05) is 0 Å². The summed E-state index contributed by atoms with van der Waals surface area (Å²) in [7, 11) is 0. The van der Waals surface area contributed by atoms with E-state index >= 15 is 0 Å². The van der Waals surface area contributed by atoms with Crippen LogP contribution in [0.25, 0.3) is 0 Å². The summed E-state index contributed by atoms with van der Waals surface area (Å²) in [5.74, 6) is -1.01. The number of thiophene rings is 1. The van der Waals surface area contributed by atoms with Gasteiger partial charge in [0.2, 0.25) is 0 Å². The quantitative estimate of drug-likeness (QED) is 0.781. The van der Waals surface area contributed by atoms with E-state index in [1.54, 1.807) is 11.3 Å². The van der Waals surface area contributed by atoms with Crippen LogP contribution in [0.3, 0.4) is 0 Å². The second-order valence-corrected chi connectivity index (χ2v) is 7.23. The van der Waals surface area contributed by atoms with Gasteiger partial charge in [-0.05, 0) is 51.2 Å². The monoisotopic (exact) mass is 297 g/mol. The summed E-state index contributed by atoms with van der Waals surface area (Å²) in [6.07, 6.45) is 2.29. The third-order valence-electron chi connectivity index (χ3n) is 4.24. The number of aryl methyl sites for hydroxylation is 2. The lowest BCUT2D eigenvalue weighted by Gasteiger charge is -2.34. The van der Waals surface area contributed by atoms with E-state index < -0.39 is 11.6 Å². The third-order valence-corrected chi connectivity index (χ3v) is 5.39. The molecular formula is C15H23NO3S. The topological polar surface area (TPSA) is 69.6 Å². The van der Waals surface area contributed by atoms with Crippen LogP contribution in [-0.4, -0.2) is 28.3 Å². The largest absolute Gasteiger partial charge is 0.481 e. The summed E-state index contributed by atoms with van der Waals surface area (Å²) >= 11 is 1.78. The molecule has 112 valence electrons. The molecule has 1 aromatic rings. The molecule has 0 aromatic carbocycles. The SMILES string of the molecule is Cc1cc(CNCC2(O)CCC(C(=O)O)CC2)sc1C. The normalized spacial score (nSPS) is 26.6. The van der Waals surface area contributed by atoms with Gasteiger partial charge >= 0.3 is 5.97 Å². The van der Waals surface area contributed by atoms with Gasteiger partial charge < -0.3 is 15.5 Å². The summed E-state index contributed by atoms with van der Waals surface area (Å²) in [6, 6.07) is 2.18. The fraction of sp³-hybridized carbons (Fsp3) is 0.667. The van der Waals surface area contributed by atoms with Crippen LogP contribution >= 0.6 is 11.3 Å². The van der Waals surface area contributed by atoms with Crippen LogP contribution in [0.2, 0.25) is 0 Å². The highest BCUT2D eigenvalue weighted by Crippen LogP contribution is 2.32. The lowest BCUT2D eigenvalue weighted by atomic mass is 9.79. The van der Waals surface area contributed by atoms with E-state index in [9.17, 15) is 9.90 Å². The maximum atomic E-state index is 10.9. The van der Waals surface area contributed by atoms with E-state index in [4.69, 9.17) is 5.11 Å². The minimum Gasteiger partial charge on any atom is -0.481 e. The lowest BCUT2D eigenvalue weighted by Crippen LogP contribution is -2.44. The van der Waals surface area contributed by atoms with Crippen LogP contribution in [0.5, 0.6) is 0 Å². The molecule has 0 radical (unpaired) electrons. The van der Waals surface area contributed by atoms with Gasteiger partial charge in [0.1, 0.15) is 0 Å². The standard InChI is InChI=1S/C15H23NO3S/c1-10-7-13(20-11(10)2)8-16-9-15(19)5-3-12(4-6-15)14(17)18/h7,12,16,19H,3-6,8-9H2,1-2H3,(H,17,18). The van der Waals surface area contributed by atoms with E-state index in [2.05, 4.69) is 25.2 Å². The van der Waals surface area contributed by atoms with Crippen molar-refractivity contribution in [3.63, 3.8) is 0 Å². The molecule has 1 aliphatic carbocycles. The predicted octanol–water partition coefficient (Wildman–Crippen LogP) is 2.46. The second kappa shape index (κ2) is 6.24. The average Bonchev–Trinajstić information content (AvgIpc) is 2.69. The van der Waals surface area contributed by atoms with Gasteiger partial charge in [-0.25, -0.2) is 0 Å². The van der Waals surface area contributed by atoms with Crippen LogP contribution in [0.15, 0.2) is 6.07 Å². The van der Waals surface area contributed by atoms with E-state index in [1.807, 2.05) is 0 Å². The number of nitrogens with one attached hydrogen (secondary N) is 1. The highest BCUT2D eigenvalue weighted by Gasteiger charge is 2.35. The minimum absolute atomic E-state index is 0.280. The molecule has 0 amide bonds. The first-order valence-electron chi connectivity index (χ1n) is 7.11. The van der Waals surface area contributed by atoms with Crippen molar-refractivity contribution in [1.29, 1.82) is 0 Å². The van der Waals surface area contributed by atoms with E-state index in [1.165, 1.54) is 15.3 Å². The Hall–Kier alpha value is -0.910. The molecule has 0 saturated heterocycles. The zero-order valence-corrected chi connectivity index (χ0v) is 12.9. The van der Waals surface area contributed by atoms with Gasteiger partial charge in [0.25, 0.3) is 0 Å². The van der Waals surface area contributed by atoms with E-state index in [0.29, 0.717) is 32.2 Å². The number of hydrogen-bond acceptors (Lipinski definition) is 4. The van der Waals surface area contributed by atoms with Crippen molar-refractivity contribution in [2.45, 2.75) is 51.7 Å². The van der Waals surface area contributed by atoms with Gasteiger partial charge in [0.05, 0.1) is 11.5 Å². The molecule has 5 heteroatoms. The summed E-state index contributed by atoms with van der Waals surface area (Å²) in [6.45, 7) is 5.53. The van der Waals surface area contributed by atoms with Crippen LogP contribution in [0, 0.1) is 19.8 Å². The van der Waals surface area contributed by atoms with Crippen molar-refractivity contribution in [3.05, 3.63) is 21.4 Å². The summed E-state index contributed by atoms with van der Waals surface area (Å²) in [5.41, 5.74) is 0.570. The van der Waals surface area contributed by atoms with Gasteiger partial charge in [0.15, 0.2) is 0 Å². The Labute approximate surface area is 123 Å². The molecule has 0 spiro atoms. The van der Waals surface area contributed by atoms with Crippen LogP contribution in [0.1, 0.15) is 41.0 Å². The lowest BCUT2D eigenvalue weighted by molar-refractivity contribution is -0.144. The fourth-order valence-electron chi connectivity index (χ4n) is 2.73. The zero-order valence-electron chi connectivity index (χ0n) is 12.1. The molecular weight excluding hydrogens is 274 g/mol. The van der Waals surface area contributed by atoms with Crippen LogP contribution in [0.4, 0.5) is 0 Å². The van der Waals surface area contributed by atoms with Gasteiger partial charge in [-0.15, -0.1) is 11.3 Å². The predicted molar refractivity (Wildman–Crippen MR) is 80.0 cm³/mol. The first-order valence-corrected chi connectivity index (χ1v) is 7.93. The average molecular weight is 297 g/mol. The molecule has 0 bridgehead atoms. The first-order chi connectivity index (χ1) is 9.39. The Bertz CT molecular complexity index is 456. The number of carboxylic acid groups (broad SMARTS) is 1. The van der Waals surface area contributed by atoms with Gasteiger partial charge in [0, 0.05) is 22.8 Å².